The first-order chi connectivity index (χ1) is 12.2. The van der Waals surface area contributed by atoms with Crippen molar-refractivity contribution in [1.29, 1.82) is 0 Å². The van der Waals surface area contributed by atoms with Crippen molar-refractivity contribution >= 4 is 29.0 Å². The lowest BCUT2D eigenvalue weighted by molar-refractivity contribution is -0.110. The SMILES string of the molecule is CNC(=O)Nc1cccc(NC(=O)C2=NOC(c3ccccc3)C2)c1. The third-order valence-corrected chi connectivity index (χ3v) is 3.71. The van der Waals surface area contributed by atoms with Crippen LogP contribution in [0.2, 0.25) is 0 Å². The highest BCUT2D eigenvalue weighted by Crippen LogP contribution is 2.27. The Kier molecular flexibility index (Phi) is 4.94. The number of hydrogen-bond donors (Lipinski definition) is 3. The lowest BCUT2D eigenvalue weighted by Gasteiger charge is -2.09. The maximum absolute atomic E-state index is 12.4. The van der Waals surface area contributed by atoms with Crippen LogP contribution in [0.3, 0.4) is 0 Å². The second-order valence-corrected chi connectivity index (χ2v) is 5.49. The number of amides is 3. The van der Waals surface area contributed by atoms with Gasteiger partial charge in [-0.05, 0) is 23.8 Å². The van der Waals surface area contributed by atoms with Crippen LogP contribution >= 0.6 is 0 Å². The fourth-order valence-corrected chi connectivity index (χ4v) is 2.43. The van der Waals surface area contributed by atoms with Gasteiger partial charge in [-0.25, -0.2) is 4.79 Å². The maximum Gasteiger partial charge on any atom is 0.318 e. The number of urea groups is 1. The predicted octanol–water partition coefficient (Wildman–Crippen LogP) is 2.89. The molecule has 2 aromatic rings. The highest BCUT2D eigenvalue weighted by atomic mass is 16.6. The molecule has 3 amide bonds. The second-order valence-electron chi connectivity index (χ2n) is 5.49. The summed E-state index contributed by atoms with van der Waals surface area (Å²) in [6.07, 6.45) is 0.162. The Morgan fingerprint density at radius 1 is 1.04 bits per heavy atom. The van der Waals surface area contributed by atoms with E-state index in [0.717, 1.165) is 5.56 Å². The van der Waals surface area contributed by atoms with Crippen LogP contribution in [0.4, 0.5) is 16.2 Å². The molecular weight excluding hydrogens is 320 g/mol. The predicted molar refractivity (Wildman–Crippen MR) is 95.5 cm³/mol. The zero-order valence-electron chi connectivity index (χ0n) is 13.7. The fraction of sp³-hybridized carbons (Fsp3) is 0.167. The molecule has 0 aromatic heterocycles. The summed E-state index contributed by atoms with van der Waals surface area (Å²) < 4.78 is 0. The quantitative estimate of drug-likeness (QED) is 0.800. The number of rotatable bonds is 4. The Morgan fingerprint density at radius 3 is 2.48 bits per heavy atom. The Morgan fingerprint density at radius 2 is 1.76 bits per heavy atom. The number of oxime groups is 1. The van der Waals surface area contributed by atoms with Gasteiger partial charge in [0.05, 0.1) is 0 Å². The summed E-state index contributed by atoms with van der Waals surface area (Å²) in [6.45, 7) is 0. The lowest BCUT2D eigenvalue weighted by Crippen LogP contribution is -2.25. The molecule has 25 heavy (non-hydrogen) atoms. The van der Waals surface area contributed by atoms with E-state index in [9.17, 15) is 9.59 Å². The standard InChI is InChI=1S/C18H18N4O3/c1-19-18(24)21-14-9-5-8-13(10-14)20-17(23)15-11-16(25-22-15)12-6-3-2-4-7-12/h2-10,16H,11H2,1H3,(H,20,23)(H2,19,21,24). The zero-order valence-corrected chi connectivity index (χ0v) is 13.7. The van der Waals surface area contributed by atoms with Gasteiger partial charge in [-0.3, -0.25) is 4.79 Å². The minimum atomic E-state index is -0.331. The van der Waals surface area contributed by atoms with E-state index in [1.807, 2.05) is 30.3 Å². The third kappa shape index (κ3) is 4.14. The normalized spacial score (nSPS) is 15.7. The van der Waals surface area contributed by atoms with Gasteiger partial charge in [0.25, 0.3) is 5.91 Å². The molecule has 1 aliphatic heterocycles. The molecule has 3 rings (SSSR count). The van der Waals surface area contributed by atoms with Crippen molar-refractivity contribution in [1.82, 2.24) is 5.32 Å². The molecule has 1 heterocycles. The number of nitrogens with one attached hydrogen (secondary N) is 3. The number of benzene rings is 2. The van der Waals surface area contributed by atoms with Crippen LogP contribution < -0.4 is 16.0 Å². The van der Waals surface area contributed by atoms with E-state index >= 15 is 0 Å². The molecule has 3 N–H and O–H groups in total. The highest BCUT2D eigenvalue weighted by molar-refractivity contribution is 6.43. The summed E-state index contributed by atoms with van der Waals surface area (Å²) in [4.78, 5) is 29.1. The Bertz CT molecular complexity index is 805. The van der Waals surface area contributed by atoms with E-state index in [1.54, 1.807) is 24.3 Å². The van der Waals surface area contributed by atoms with Crippen LogP contribution in [0.1, 0.15) is 18.1 Å². The van der Waals surface area contributed by atoms with E-state index < -0.39 is 0 Å². The van der Waals surface area contributed by atoms with Gasteiger partial charge in [0.2, 0.25) is 0 Å². The molecule has 0 fully saturated rings. The minimum Gasteiger partial charge on any atom is -0.387 e. The van der Waals surface area contributed by atoms with Gasteiger partial charge in [-0.15, -0.1) is 0 Å². The number of hydrogen-bond acceptors (Lipinski definition) is 4. The summed E-state index contributed by atoms with van der Waals surface area (Å²) >= 11 is 0. The summed E-state index contributed by atoms with van der Waals surface area (Å²) in [5.41, 5.74) is 2.44. The van der Waals surface area contributed by atoms with Gasteiger partial charge in [0.1, 0.15) is 5.71 Å². The van der Waals surface area contributed by atoms with Crippen LogP contribution in [0.15, 0.2) is 59.8 Å². The number of carbonyl (C=O) groups is 2. The fourth-order valence-electron chi connectivity index (χ4n) is 2.43. The van der Waals surface area contributed by atoms with Crippen molar-refractivity contribution in [2.45, 2.75) is 12.5 Å². The molecule has 0 saturated carbocycles. The summed E-state index contributed by atoms with van der Waals surface area (Å²) in [7, 11) is 1.53. The maximum atomic E-state index is 12.4. The van der Waals surface area contributed by atoms with E-state index in [1.165, 1.54) is 7.05 Å². The molecule has 1 unspecified atom stereocenters. The van der Waals surface area contributed by atoms with Gasteiger partial charge < -0.3 is 20.8 Å². The summed E-state index contributed by atoms with van der Waals surface area (Å²) in [5.74, 6) is -0.324. The van der Waals surface area contributed by atoms with Crippen LogP contribution in [0.5, 0.6) is 0 Å². The molecule has 1 aliphatic rings. The molecule has 0 spiro atoms. The van der Waals surface area contributed by atoms with Crippen molar-refractivity contribution in [2.24, 2.45) is 5.16 Å². The minimum absolute atomic E-state index is 0.247. The first-order valence-corrected chi connectivity index (χ1v) is 7.83. The smallest absolute Gasteiger partial charge is 0.318 e. The van der Waals surface area contributed by atoms with Gasteiger partial charge in [-0.2, -0.15) is 0 Å². The molecule has 7 nitrogen and oxygen atoms in total. The summed E-state index contributed by atoms with van der Waals surface area (Å²) in [5, 5.41) is 11.8. The lowest BCUT2D eigenvalue weighted by atomic mass is 10.0. The van der Waals surface area contributed by atoms with E-state index in [-0.39, 0.29) is 18.0 Å². The largest absolute Gasteiger partial charge is 0.387 e. The van der Waals surface area contributed by atoms with Crippen LogP contribution in [-0.4, -0.2) is 24.7 Å². The molecule has 0 bridgehead atoms. The Labute approximate surface area is 145 Å². The van der Waals surface area contributed by atoms with Crippen LogP contribution in [-0.2, 0) is 9.63 Å². The van der Waals surface area contributed by atoms with Crippen molar-refractivity contribution in [2.75, 3.05) is 17.7 Å². The second kappa shape index (κ2) is 7.48. The van der Waals surface area contributed by atoms with E-state index in [0.29, 0.717) is 23.5 Å². The zero-order chi connectivity index (χ0) is 17.6. The molecule has 0 aliphatic carbocycles. The molecular formula is C18H18N4O3. The third-order valence-electron chi connectivity index (χ3n) is 3.71. The molecule has 1 atom stereocenters. The van der Waals surface area contributed by atoms with Gasteiger partial charge in [0, 0.05) is 24.8 Å². The first-order valence-electron chi connectivity index (χ1n) is 7.83. The molecule has 128 valence electrons. The van der Waals surface area contributed by atoms with Gasteiger partial charge in [-0.1, -0.05) is 41.6 Å². The van der Waals surface area contributed by atoms with Crippen molar-refractivity contribution < 1.29 is 14.4 Å². The molecule has 2 aromatic carbocycles. The Hall–Kier alpha value is -3.35. The van der Waals surface area contributed by atoms with Crippen molar-refractivity contribution in [3.05, 3.63) is 60.2 Å². The van der Waals surface area contributed by atoms with Crippen molar-refractivity contribution in [3.8, 4) is 0 Å². The molecule has 7 heteroatoms. The van der Waals surface area contributed by atoms with Crippen LogP contribution in [0, 0.1) is 0 Å². The average Bonchev–Trinajstić information content (AvgIpc) is 3.13. The molecule has 0 saturated heterocycles. The topological polar surface area (TPSA) is 91.8 Å². The van der Waals surface area contributed by atoms with Crippen LogP contribution in [0.25, 0.3) is 0 Å². The Balaban J connectivity index is 1.61. The first kappa shape index (κ1) is 16.5. The highest BCUT2D eigenvalue weighted by Gasteiger charge is 2.27. The van der Waals surface area contributed by atoms with Gasteiger partial charge in [0.15, 0.2) is 6.10 Å². The van der Waals surface area contributed by atoms with E-state index in [2.05, 4.69) is 21.1 Å². The number of anilines is 2. The van der Waals surface area contributed by atoms with E-state index in [4.69, 9.17) is 4.84 Å². The number of carbonyl (C=O) groups excluding carboxylic acids is 2. The van der Waals surface area contributed by atoms with Crippen molar-refractivity contribution in [3.63, 3.8) is 0 Å². The summed E-state index contributed by atoms with van der Waals surface area (Å²) in [6, 6.07) is 16.2. The van der Waals surface area contributed by atoms with Gasteiger partial charge >= 0.3 is 6.03 Å². The monoisotopic (exact) mass is 338 g/mol. The molecule has 0 radical (unpaired) electrons. The average molecular weight is 338 g/mol. The number of nitrogens with zero attached hydrogens (tertiary/aromatic N) is 1.